The van der Waals surface area contributed by atoms with Crippen molar-refractivity contribution in [2.24, 2.45) is 0 Å². The quantitative estimate of drug-likeness (QED) is 0.808. The van der Waals surface area contributed by atoms with E-state index in [0.29, 0.717) is 5.56 Å². The van der Waals surface area contributed by atoms with Gasteiger partial charge in [-0.2, -0.15) is 0 Å². The average molecular weight is 212 g/mol. The molecule has 1 atom stereocenters. The van der Waals surface area contributed by atoms with Crippen LogP contribution in [0, 0.1) is 12.7 Å². The van der Waals surface area contributed by atoms with Gasteiger partial charge in [0, 0.05) is 5.56 Å². The maximum Gasteiger partial charge on any atom is 0.303 e. The zero-order valence-corrected chi connectivity index (χ0v) is 8.62. The Morgan fingerprint density at radius 2 is 2.13 bits per heavy atom. The summed E-state index contributed by atoms with van der Waals surface area (Å²) in [6.07, 6.45) is -0.0814. The summed E-state index contributed by atoms with van der Waals surface area (Å²) < 4.78 is 13.2. The van der Waals surface area contributed by atoms with Crippen LogP contribution in [0.15, 0.2) is 12.1 Å². The van der Waals surface area contributed by atoms with E-state index in [9.17, 15) is 14.3 Å². The predicted molar refractivity (Wildman–Crippen MR) is 53.5 cm³/mol. The van der Waals surface area contributed by atoms with Crippen molar-refractivity contribution in [3.63, 3.8) is 0 Å². The molecule has 82 valence electrons. The molecule has 0 aliphatic carbocycles. The maximum atomic E-state index is 13.2. The molecule has 1 aromatic carbocycles. The normalized spacial score (nSPS) is 12.5. The largest absolute Gasteiger partial charge is 0.508 e. The number of halogens is 1. The van der Waals surface area contributed by atoms with Crippen molar-refractivity contribution in [1.29, 1.82) is 0 Å². The molecule has 2 N–H and O–H groups in total. The molecule has 0 saturated heterocycles. The molecular weight excluding hydrogens is 199 g/mol. The number of phenolic OH excluding ortho intramolecular Hbond substituents is 1. The van der Waals surface area contributed by atoms with E-state index in [2.05, 4.69) is 0 Å². The topological polar surface area (TPSA) is 57.5 Å². The van der Waals surface area contributed by atoms with E-state index in [4.69, 9.17) is 5.11 Å². The van der Waals surface area contributed by atoms with Crippen LogP contribution in [0.25, 0.3) is 0 Å². The van der Waals surface area contributed by atoms with Gasteiger partial charge < -0.3 is 10.2 Å². The molecule has 0 heterocycles. The lowest BCUT2D eigenvalue weighted by atomic mass is 9.96. The van der Waals surface area contributed by atoms with Crippen LogP contribution in [0.4, 0.5) is 4.39 Å². The minimum absolute atomic E-state index is 0.0814. The van der Waals surface area contributed by atoms with Crippen molar-refractivity contribution in [3.05, 3.63) is 29.1 Å². The Balaban J connectivity index is 3.00. The molecule has 0 aromatic heterocycles. The molecule has 15 heavy (non-hydrogen) atoms. The highest BCUT2D eigenvalue weighted by atomic mass is 19.1. The number of carboxylic acid groups (broad SMARTS) is 1. The summed E-state index contributed by atoms with van der Waals surface area (Å²) in [4.78, 5) is 10.5. The van der Waals surface area contributed by atoms with E-state index in [0.717, 1.165) is 0 Å². The molecule has 1 aromatic rings. The number of aliphatic carboxylic acids is 1. The summed E-state index contributed by atoms with van der Waals surface area (Å²) >= 11 is 0. The van der Waals surface area contributed by atoms with Crippen LogP contribution in [0.3, 0.4) is 0 Å². The second-order valence-corrected chi connectivity index (χ2v) is 3.65. The van der Waals surface area contributed by atoms with E-state index >= 15 is 0 Å². The number of carbonyl (C=O) groups is 1. The second kappa shape index (κ2) is 4.29. The lowest BCUT2D eigenvalue weighted by Gasteiger charge is -2.11. The van der Waals surface area contributed by atoms with E-state index in [1.54, 1.807) is 6.92 Å². The third-order valence-electron chi connectivity index (χ3n) is 2.39. The van der Waals surface area contributed by atoms with Crippen LogP contribution in [-0.4, -0.2) is 16.2 Å². The molecule has 0 aliphatic heterocycles. The van der Waals surface area contributed by atoms with E-state index in [1.807, 2.05) is 0 Å². The summed E-state index contributed by atoms with van der Waals surface area (Å²) in [5.41, 5.74) is 0.680. The molecule has 0 spiro atoms. The molecule has 3 nitrogen and oxygen atoms in total. The SMILES string of the molecule is Cc1c(O)cc(C(C)CC(=O)O)cc1F. The van der Waals surface area contributed by atoms with Crippen molar-refractivity contribution in [1.82, 2.24) is 0 Å². The van der Waals surface area contributed by atoms with Crippen LogP contribution in [0.2, 0.25) is 0 Å². The highest BCUT2D eigenvalue weighted by Crippen LogP contribution is 2.27. The van der Waals surface area contributed by atoms with E-state index < -0.39 is 11.8 Å². The van der Waals surface area contributed by atoms with Crippen molar-refractivity contribution in [3.8, 4) is 5.75 Å². The fourth-order valence-electron chi connectivity index (χ4n) is 1.35. The minimum atomic E-state index is -0.942. The number of phenols is 1. The van der Waals surface area contributed by atoms with Crippen LogP contribution < -0.4 is 0 Å². The van der Waals surface area contributed by atoms with Crippen LogP contribution >= 0.6 is 0 Å². The molecule has 0 saturated carbocycles. The van der Waals surface area contributed by atoms with Crippen molar-refractivity contribution < 1.29 is 19.4 Å². The fraction of sp³-hybridized carbons (Fsp3) is 0.364. The van der Waals surface area contributed by atoms with E-state index in [1.165, 1.54) is 19.1 Å². The van der Waals surface area contributed by atoms with Gasteiger partial charge >= 0.3 is 5.97 Å². The Kier molecular flexibility index (Phi) is 3.29. The van der Waals surface area contributed by atoms with Gasteiger partial charge in [0.25, 0.3) is 0 Å². The minimum Gasteiger partial charge on any atom is -0.508 e. The first-order valence-corrected chi connectivity index (χ1v) is 4.62. The summed E-state index contributed by atoms with van der Waals surface area (Å²) in [6.45, 7) is 3.15. The van der Waals surface area contributed by atoms with Gasteiger partial charge in [-0.25, -0.2) is 4.39 Å². The summed E-state index contributed by atoms with van der Waals surface area (Å²) in [5.74, 6) is -1.91. The van der Waals surface area contributed by atoms with Gasteiger partial charge in [0.1, 0.15) is 11.6 Å². The fourth-order valence-corrected chi connectivity index (χ4v) is 1.35. The van der Waals surface area contributed by atoms with Crippen LogP contribution in [0.1, 0.15) is 30.4 Å². The molecule has 1 unspecified atom stereocenters. The molecule has 0 fully saturated rings. The lowest BCUT2D eigenvalue weighted by molar-refractivity contribution is -0.137. The monoisotopic (exact) mass is 212 g/mol. The number of hydrogen-bond acceptors (Lipinski definition) is 2. The highest BCUT2D eigenvalue weighted by Gasteiger charge is 2.14. The Morgan fingerprint density at radius 3 is 2.60 bits per heavy atom. The standard InChI is InChI=1S/C11H13FO3/c1-6(3-11(14)15)8-4-9(12)7(2)10(13)5-8/h4-6,13H,3H2,1-2H3,(H,14,15). The van der Waals surface area contributed by atoms with Gasteiger partial charge in [-0.1, -0.05) is 6.92 Å². The molecular formula is C11H13FO3. The lowest BCUT2D eigenvalue weighted by Crippen LogP contribution is -2.03. The van der Waals surface area contributed by atoms with Gasteiger partial charge in [-0.15, -0.1) is 0 Å². The predicted octanol–water partition coefficient (Wildman–Crippen LogP) is 2.42. The molecule has 1 rings (SSSR count). The third-order valence-corrected chi connectivity index (χ3v) is 2.39. The number of aromatic hydroxyl groups is 1. The maximum absolute atomic E-state index is 13.2. The Labute approximate surface area is 87.2 Å². The van der Waals surface area contributed by atoms with Gasteiger partial charge in [-0.05, 0) is 30.5 Å². The van der Waals surface area contributed by atoms with Crippen molar-refractivity contribution in [2.45, 2.75) is 26.2 Å². The van der Waals surface area contributed by atoms with Crippen LogP contribution in [0.5, 0.6) is 5.75 Å². The summed E-state index contributed by atoms with van der Waals surface area (Å²) in [5, 5.41) is 18.0. The number of benzene rings is 1. The van der Waals surface area contributed by atoms with Gasteiger partial charge in [0.15, 0.2) is 0 Å². The first kappa shape index (κ1) is 11.5. The molecule has 0 amide bonds. The summed E-state index contributed by atoms with van der Waals surface area (Å²) in [7, 11) is 0. The van der Waals surface area contributed by atoms with E-state index in [-0.39, 0.29) is 23.7 Å². The molecule has 0 aliphatic rings. The first-order chi connectivity index (χ1) is 6.91. The summed E-state index contributed by atoms with van der Waals surface area (Å²) in [6, 6.07) is 2.68. The number of rotatable bonds is 3. The van der Waals surface area contributed by atoms with Gasteiger partial charge in [-0.3, -0.25) is 4.79 Å². The van der Waals surface area contributed by atoms with Crippen molar-refractivity contribution >= 4 is 5.97 Å². The first-order valence-electron chi connectivity index (χ1n) is 4.62. The Bertz CT molecular complexity index is 364. The molecule has 0 bridgehead atoms. The zero-order valence-electron chi connectivity index (χ0n) is 8.62. The molecule has 4 heteroatoms. The third kappa shape index (κ3) is 2.68. The van der Waals surface area contributed by atoms with Gasteiger partial charge in [0.2, 0.25) is 0 Å². The number of carboxylic acids is 1. The van der Waals surface area contributed by atoms with Crippen molar-refractivity contribution in [2.75, 3.05) is 0 Å². The Hall–Kier alpha value is -1.58. The Morgan fingerprint density at radius 1 is 1.53 bits per heavy atom. The average Bonchev–Trinajstić information content (AvgIpc) is 2.12. The zero-order chi connectivity index (χ0) is 11.6. The second-order valence-electron chi connectivity index (χ2n) is 3.65. The molecule has 0 radical (unpaired) electrons. The number of hydrogen-bond donors (Lipinski definition) is 2. The highest BCUT2D eigenvalue weighted by molar-refractivity contribution is 5.68. The smallest absolute Gasteiger partial charge is 0.303 e. The van der Waals surface area contributed by atoms with Crippen LogP contribution in [-0.2, 0) is 4.79 Å². The van der Waals surface area contributed by atoms with Gasteiger partial charge in [0.05, 0.1) is 6.42 Å².